The molecule has 0 bridgehead atoms. The van der Waals surface area contributed by atoms with Crippen LogP contribution in [0.15, 0.2) is 52.9 Å². The SMILES string of the molecule is O=C([O-])CC1CCC(c2ccc(NC(=O)CCNC(=O)c3nc(-c4ccccc4Cl)oc3C(F)(F)F)cc2)CC1. The molecule has 12 heteroatoms. The number of halogens is 4. The molecule has 2 aromatic carbocycles. The molecule has 1 saturated carbocycles. The van der Waals surface area contributed by atoms with Gasteiger partial charge in [0.15, 0.2) is 5.69 Å². The maximum absolute atomic E-state index is 13.5. The maximum Gasteiger partial charge on any atom is 0.452 e. The predicted molar refractivity (Wildman–Crippen MR) is 138 cm³/mol. The molecular formula is C28H26ClF3N3O5-. The summed E-state index contributed by atoms with van der Waals surface area (Å²) in [7, 11) is 0. The minimum Gasteiger partial charge on any atom is -0.550 e. The highest BCUT2D eigenvalue weighted by Crippen LogP contribution is 2.38. The summed E-state index contributed by atoms with van der Waals surface area (Å²) in [5.41, 5.74) is 0.780. The van der Waals surface area contributed by atoms with E-state index in [0.717, 1.165) is 31.2 Å². The first-order valence-electron chi connectivity index (χ1n) is 12.7. The molecule has 1 fully saturated rings. The normalized spacial score (nSPS) is 17.3. The number of nitrogens with zero attached hydrogens (tertiary/aromatic N) is 1. The van der Waals surface area contributed by atoms with Crippen LogP contribution in [-0.2, 0) is 15.8 Å². The summed E-state index contributed by atoms with van der Waals surface area (Å²) in [5.74, 6) is -4.14. The Hall–Kier alpha value is -3.86. The van der Waals surface area contributed by atoms with Crippen molar-refractivity contribution in [2.24, 2.45) is 5.92 Å². The number of aliphatic carboxylic acids is 1. The van der Waals surface area contributed by atoms with Gasteiger partial charge in [0, 0.05) is 24.6 Å². The molecule has 0 aliphatic heterocycles. The fourth-order valence-corrected chi connectivity index (χ4v) is 5.00. The Morgan fingerprint density at radius 2 is 1.70 bits per heavy atom. The lowest BCUT2D eigenvalue weighted by Gasteiger charge is -2.29. The molecule has 8 nitrogen and oxygen atoms in total. The number of alkyl halides is 3. The van der Waals surface area contributed by atoms with Gasteiger partial charge in [-0.3, -0.25) is 9.59 Å². The van der Waals surface area contributed by atoms with Gasteiger partial charge < -0.3 is 25.0 Å². The number of benzene rings is 2. The summed E-state index contributed by atoms with van der Waals surface area (Å²) < 4.78 is 45.4. The average molecular weight is 577 g/mol. The molecule has 0 unspecified atom stereocenters. The van der Waals surface area contributed by atoms with Crippen molar-refractivity contribution in [2.75, 3.05) is 11.9 Å². The quantitative estimate of drug-likeness (QED) is 0.361. The summed E-state index contributed by atoms with van der Waals surface area (Å²) in [6.45, 7) is -0.233. The van der Waals surface area contributed by atoms with E-state index in [0.29, 0.717) is 11.6 Å². The maximum atomic E-state index is 13.5. The Morgan fingerprint density at radius 3 is 2.33 bits per heavy atom. The van der Waals surface area contributed by atoms with Gasteiger partial charge in [0.2, 0.25) is 17.6 Å². The van der Waals surface area contributed by atoms with Gasteiger partial charge in [-0.15, -0.1) is 0 Å². The zero-order chi connectivity index (χ0) is 28.9. The van der Waals surface area contributed by atoms with Crippen LogP contribution in [0.25, 0.3) is 11.5 Å². The van der Waals surface area contributed by atoms with Crippen LogP contribution >= 0.6 is 11.6 Å². The number of carboxylic acid groups (broad SMARTS) is 1. The number of oxazole rings is 1. The lowest BCUT2D eigenvalue weighted by molar-refractivity contribution is -0.307. The molecule has 0 radical (unpaired) electrons. The van der Waals surface area contributed by atoms with Crippen molar-refractivity contribution in [1.82, 2.24) is 10.3 Å². The Balaban J connectivity index is 1.29. The van der Waals surface area contributed by atoms with Gasteiger partial charge >= 0.3 is 6.18 Å². The molecule has 1 heterocycles. The largest absolute Gasteiger partial charge is 0.550 e. The Morgan fingerprint density at radius 1 is 1.02 bits per heavy atom. The van der Waals surface area contributed by atoms with Crippen LogP contribution < -0.4 is 15.7 Å². The number of carbonyl (C=O) groups is 3. The van der Waals surface area contributed by atoms with Gasteiger partial charge in [-0.25, -0.2) is 4.98 Å². The van der Waals surface area contributed by atoms with E-state index >= 15 is 0 Å². The number of anilines is 1. The highest BCUT2D eigenvalue weighted by molar-refractivity contribution is 6.33. The van der Waals surface area contributed by atoms with Crippen LogP contribution in [0.1, 0.15) is 66.3 Å². The van der Waals surface area contributed by atoms with Crippen molar-refractivity contribution in [3.63, 3.8) is 0 Å². The minimum atomic E-state index is -4.97. The number of rotatable bonds is 9. The van der Waals surface area contributed by atoms with Crippen molar-refractivity contribution in [3.05, 3.63) is 70.6 Å². The molecular weight excluding hydrogens is 551 g/mol. The second-order valence-corrected chi connectivity index (χ2v) is 10.1. The van der Waals surface area contributed by atoms with E-state index in [1.165, 1.54) is 18.2 Å². The van der Waals surface area contributed by atoms with Gasteiger partial charge in [0.05, 0.1) is 10.6 Å². The van der Waals surface area contributed by atoms with Gasteiger partial charge in [0.1, 0.15) is 0 Å². The summed E-state index contributed by atoms with van der Waals surface area (Å²) in [4.78, 5) is 39.4. The van der Waals surface area contributed by atoms with Gasteiger partial charge in [-0.05, 0) is 73.8 Å². The molecule has 0 saturated heterocycles. The summed E-state index contributed by atoms with van der Waals surface area (Å²) in [6, 6.07) is 13.3. The molecule has 0 atom stereocenters. The predicted octanol–water partition coefficient (Wildman–Crippen LogP) is 5.19. The van der Waals surface area contributed by atoms with Crippen LogP contribution in [0, 0.1) is 5.92 Å². The highest BCUT2D eigenvalue weighted by atomic mass is 35.5. The van der Waals surface area contributed by atoms with Crippen molar-refractivity contribution in [2.45, 2.75) is 50.6 Å². The van der Waals surface area contributed by atoms with Crippen molar-refractivity contribution in [3.8, 4) is 11.5 Å². The summed E-state index contributed by atoms with van der Waals surface area (Å²) in [5, 5.41) is 15.9. The molecule has 2 N–H and O–H groups in total. The van der Waals surface area contributed by atoms with Crippen molar-refractivity contribution in [1.29, 1.82) is 0 Å². The average Bonchev–Trinajstić information content (AvgIpc) is 3.36. The smallest absolute Gasteiger partial charge is 0.452 e. The molecule has 1 aromatic heterocycles. The number of carbonyl (C=O) groups excluding carboxylic acids is 3. The lowest BCUT2D eigenvalue weighted by Crippen LogP contribution is -2.29. The third-order valence-corrected chi connectivity index (χ3v) is 7.14. The molecule has 1 aliphatic carbocycles. The van der Waals surface area contributed by atoms with Crippen LogP contribution in [0.3, 0.4) is 0 Å². The fourth-order valence-electron chi connectivity index (χ4n) is 4.79. The number of aromatic nitrogens is 1. The zero-order valence-electron chi connectivity index (χ0n) is 21.2. The number of amides is 2. The van der Waals surface area contributed by atoms with E-state index in [1.54, 1.807) is 18.2 Å². The molecule has 40 heavy (non-hydrogen) atoms. The van der Waals surface area contributed by atoms with E-state index in [2.05, 4.69) is 15.6 Å². The molecule has 1 aliphatic rings. The van der Waals surface area contributed by atoms with E-state index in [4.69, 9.17) is 16.0 Å². The first-order valence-corrected chi connectivity index (χ1v) is 13.1. The second kappa shape index (κ2) is 12.5. The van der Waals surface area contributed by atoms with E-state index in [-0.39, 0.29) is 35.9 Å². The van der Waals surface area contributed by atoms with Gasteiger partial charge in [-0.2, -0.15) is 13.2 Å². The molecule has 212 valence electrons. The zero-order valence-corrected chi connectivity index (χ0v) is 22.0. The highest BCUT2D eigenvalue weighted by Gasteiger charge is 2.42. The number of hydrogen-bond acceptors (Lipinski definition) is 6. The van der Waals surface area contributed by atoms with Crippen LogP contribution in [0.2, 0.25) is 5.02 Å². The van der Waals surface area contributed by atoms with Crippen molar-refractivity contribution >= 4 is 35.1 Å². The van der Waals surface area contributed by atoms with E-state index in [9.17, 15) is 32.7 Å². The minimum absolute atomic E-state index is 0.0871. The first-order chi connectivity index (χ1) is 19.0. The third-order valence-electron chi connectivity index (χ3n) is 6.81. The fraction of sp³-hybridized carbons (Fsp3) is 0.357. The summed E-state index contributed by atoms with van der Waals surface area (Å²) in [6.07, 6.45) is -1.67. The van der Waals surface area contributed by atoms with Crippen molar-refractivity contribution < 1.29 is 37.1 Å². The number of nitrogens with one attached hydrogen (secondary N) is 2. The van der Waals surface area contributed by atoms with Gasteiger partial charge in [0.25, 0.3) is 5.91 Å². The first kappa shape index (κ1) is 29.1. The molecule has 3 aromatic rings. The van der Waals surface area contributed by atoms with Gasteiger partial charge in [-0.1, -0.05) is 35.9 Å². The Labute approximate surface area is 232 Å². The molecule has 2 amide bonds. The molecule has 4 rings (SSSR count). The Bertz CT molecular complexity index is 1370. The lowest BCUT2D eigenvalue weighted by atomic mass is 9.77. The molecule has 0 spiro atoms. The third kappa shape index (κ3) is 7.41. The standard InChI is InChI=1S/C28H27ClF3N3O5/c29-21-4-2-1-3-20(21)27-35-24(25(40-27)28(30,31)32)26(39)33-14-13-22(36)34-19-11-9-18(10-12-19)17-7-5-16(6-8-17)15-23(37)38/h1-4,9-12,16-17H,5-8,13-15H2,(H,33,39)(H,34,36)(H,37,38)/p-1. The van der Waals surface area contributed by atoms with Crippen LogP contribution in [-0.4, -0.2) is 29.3 Å². The van der Waals surface area contributed by atoms with Crippen LogP contribution in [0.5, 0.6) is 0 Å². The number of carboxylic acids is 1. The topological polar surface area (TPSA) is 124 Å². The van der Waals surface area contributed by atoms with Crippen LogP contribution in [0.4, 0.5) is 18.9 Å². The second-order valence-electron chi connectivity index (χ2n) is 9.64. The number of hydrogen-bond donors (Lipinski definition) is 2. The van der Waals surface area contributed by atoms with E-state index in [1.807, 2.05) is 12.1 Å². The monoisotopic (exact) mass is 576 g/mol. The Kier molecular flexibility index (Phi) is 9.14. The van der Waals surface area contributed by atoms with E-state index < -0.39 is 41.3 Å². The summed E-state index contributed by atoms with van der Waals surface area (Å²) >= 11 is 6.02.